The highest BCUT2D eigenvalue weighted by molar-refractivity contribution is 6.03. The lowest BCUT2D eigenvalue weighted by atomic mass is 10.0. The van der Waals surface area contributed by atoms with E-state index in [9.17, 15) is 19.2 Å². The van der Waals surface area contributed by atoms with Crippen LogP contribution in [0.25, 0.3) is 0 Å². The van der Waals surface area contributed by atoms with Crippen LogP contribution in [0.3, 0.4) is 0 Å². The molecular weight excluding hydrogens is 578 g/mol. The van der Waals surface area contributed by atoms with Crippen LogP contribution in [0.4, 0.5) is 17.1 Å². The molecule has 2 aliphatic heterocycles. The number of benzene rings is 3. The maximum atomic E-state index is 13.7. The van der Waals surface area contributed by atoms with Gasteiger partial charge in [-0.15, -0.1) is 0 Å². The summed E-state index contributed by atoms with van der Waals surface area (Å²) in [4.78, 5) is 50.8. The number of ether oxygens (including phenoxy) is 2. The molecule has 0 spiro atoms. The molecule has 232 valence electrons. The van der Waals surface area contributed by atoms with Gasteiger partial charge in [-0.3, -0.25) is 14.4 Å². The third-order valence-corrected chi connectivity index (χ3v) is 7.75. The second-order valence-electron chi connectivity index (χ2n) is 10.8. The zero-order chi connectivity index (χ0) is 32.1. The van der Waals surface area contributed by atoms with Crippen LogP contribution in [0, 0.1) is 6.92 Å². The molecule has 2 aliphatic rings. The van der Waals surface area contributed by atoms with Gasteiger partial charge in [0.05, 0.1) is 40.7 Å². The number of primary amides is 1. The van der Waals surface area contributed by atoms with Crippen molar-refractivity contribution < 1.29 is 33.8 Å². The van der Waals surface area contributed by atoms with Gasteiger partial charge in [0, 0.05) is 19.7 Å². The number of hydrogen-bond acceptors (Lipinski definition) is 9. The van der Waals surface area contributed by atoms with E-state index in [0.717, 1.165) is 11.1 Å². The Bertz CT molecular complexity index is 1700. The lowest BCUT2D eigenvalue weighted by Gasteiger charge is -2.28. The monoisotopic (exact) mass is 611 g/mol. The first-order valence-corrected chi connectivity index (χ1v) is 14.4. The Kier molecular flexibility index (Phi) is 9.33. The fourth-order valence-electron chi connectivity index (χ4n) is 5.36. The molecule has 5 rings (SSSR count). The molecule has 0 saturated carbocycles. The smallest absolute Gasteiger partial charge is 0.335 e. The quantitative estimate of drug-likeness (QED) is 0.147. The summed E-state index contributed by atoms with van der Waals surface area (Å²) in [5.41, 5.74) is 9.61. The molecule has 2 atom stereocenters. The lowest BCUT2D eigenvalue weighted by Crippen LogP contribution is -2.43. The maximum Gasteiger partial charge on any atom is 0.335 e. The Morgan fingerprint density at radius 3 is 2.49 bits per heavy atom. The molecule has 3 aromatic carbocycles. The molecule has 0 saturated heterocycles. The Morgan fingerprint density at radius 2 is 1.78 bits per heavy atom. The van der Waals surface area contributed by atoms with E-state index < -0.39 is 24.1 Å². The average molecular weight is 612 g/mol. The third-order valence-electron chi connectivity index (χ3n) is 7.75. The summed E-state index contributed by atoms with van der Waals surface area (Å²) in [5.74, 6) is -1.95. The number of carboxylic acid groups (broad SMARTS) is 1. The first kappa shape index (κ1) is 31.1. The molecule has 45 heavy (non-hydrogen) atoms. The van der Waals surface area contributed by atoms with Gasteiger partial charge < -0.3 is 30.5 Å². The SMILES string of the molecule is CO[C@H]1Nc2c(ccc(C)c2OC(=O)CCc2ccccc2/N=N/c2ccc(C(=O)O)cc2)C(=O)N2C=C(CCC(N)=O)CC12. The predicted octanol–water partition coefficient (Wildman–Crippen LogP) is 5.41. The standard InChI is InChI=1S/C33H33N5O7/c1-19-7-14-24-29(35-31(44-2)26-17-20(8-15-27(34)39)18-38(26)32(24)41)30(19)45-28(40)16-11-21-5-3-4-6-25(21)37-36-23-12-9-22(10-13-23)33(42)43/h3-7,9-10,12-14,18,26,31,35H,8,11,15-17H2,1-2H3,(H2,34,39)(H,42,43)/b37-36+/t26?,31-/m1/s1. The number of anilines is 1. The number of azo groups is 1. The topological polar surface area (TPSA) is 173 Å². The number of hydrogen-bond donors (Lipinski definition) is 3. The molecule has 12 heteroatoms. The second kappa shape index (κ2) is 13.5. The van der Waals surface area contributed by atoms with Crippen LogP contribution in [0.2, 0.25) is 0 Å². The van der Waals surface area contributed by atoms with Crippen molar-refractivity contribution in [2.75, 3.05) is 12.4 Å². The van der Waals surface area contributed by atoms with Crippen LogP contribution in [-0.4, -0.2) is 53.1 Å². The van der Waals surface area contributed by atoms with E-state index in [0.29, 0.717) is 47.5 Å². The van der Waals surface area contributed by atoms with Crippen molar-refractivity contribution in [1.29, 1.82) is 0 Å². The number of amides is 2. The number of nitrogens with one attached hydrogen (secondary N) is 1. The summed E-state index contributed by atoms with van der Waals surface area (Å²) in [7, 11) is 1.54. The number of nitrogens with zero attached hydrogens (tertiary/aromatic N) is 3. The summed E-state index contributed by atoms with van der Waals surface area (Å²) >= 11 is 0. The number of rotatable bonds is 11. The first-order valence-electron chi connectivity index (χ1n) is 14.4. The largest absolute Gasteiger partial charge is 0.478 e. The highest BCUT2D eigenvalue weighted by Crippen LogP contribution is 2.40. The van der Waals surface area contributed by atoms with Gasteiger partial charge in [-0.05, 0) is 73.7 Å². The van der Waals surface area contributed by atoms with Crippen LogP contribution in [0.1, 0.15) is 57.5 Å². The third kappa shape index (κ3) is 7.07. The van der Waals surface area contributed by atoms with Crippen molar-refractivity contribution >= 4 is 40.8 Å². The Hall–Kier alpha value is -5.36. The fraction of sp³-hybridized carbons (Fsp3) is 0.273. The molecular formula is C33H33N5O7. The summed E-state index contributed by atoms with van der Waals surface area (Å²) in [5, 5.41) is 20.9. The van der Waals surface area contributed by atoms with Crippen molar-refractivity contribution in [3.05, 3.63) is 94.7 Å². The van der Waals surface area contributed by atoms with E-state index in [1.165, 1.54) is 19.2 Å². The van der Waals surface area contributed by atoms with Gasteiger partial charge in [0.15, 0.2) is 5.75 Å². The molecule has 0 radical (unpaired) electrons. The summed E-state index contributed by atoms with van der Waals surface area (Å²) in [6.45, 7) is 1.80. The minimum absolute atomic E-state index is 0.0330. The maximum absolute atomic E-state index is 13.7. The van der Waals surface area contributed by atoms with Gasteiger partial charge in [0.2, 0.25) is 5.91 Å². The molecule has 0 fully saturated rings. The van der Waals surface area contributed by atoms with Gasteiger partial charge in [-0.25, -0.2) is 4.79 Å². The van der Waals surface area contributed by atoms with E-state index in [2.05, 4.69) is 15.5 Å². The number of aryl methyl sites for hydroxylation is 2. The summed E-state index contributed by atoms with van der Waals surface area (Å²) < 4.78 is 11.6. The molecule has 0 aliphatic carbocycles. The summed E-state index contributed by atoms with van der Waals surface area (Å²) in [6.07, 6.45) is 2.67. The minimum atomic E-state index is -1.02. The van der Waals surface area contributed by atoms with Crippen LogP contribution in [0.15, 0.2) is 82.7 Å². The van der Waals surface area contributed by atoms with Crippen LogP contribution >= 0.6 is 0 Å². The van der Waals surface area contributed by atoms with E-state index in [-0.39, 0.29) is 36.1 Å². The average Bonchev–Trinajstić information content (AvgIpc) is 3.42. The number of carboxylic acids is 1. The Labute approximate surface area is 259 Å². The molecule has 2 amide bonds. The zero-order valence-electron chi connectivity index (χ0n) is 24.9. The molecule has 12 nitrogen and oxygen atoms in total. The molecule has 4 N–H and O–H groups in total. The summed E-state index contributed by atoms with van der Waals surface area (Å²) in [6, 6.07) is 16.4. The fourth-order valence-corrected chi connectivity index (χ4v) is 5.36. The number of methoxy groups -OCH3 is 1. The van der Waals surface area contributed by atoms with Gasteiger partial charge in [0.1, 0.15) is 6.23 Å². The molecule has 3 aromatic rings. The Balaban J connectivity index is 1.31. The number of nitrogens with two attached hydrogens (primary N) is 1. The highest BCUT2D eigenvalue weighted by atomic mass is 16.5. The van der Waals surface area contributed by atoms with Crippen LogP contribution in [0.5, 0.6) is 5.75 Å². The molecule has 2 heterocycles. The predicted molar refractivity (Wildman–Crippen MR) is 165 cm³/mol. The number of esters is 1. The van der Waals surface area contributed by atoms with E-state index >= 15 is 0 Å². The van der Waals surface area contributed by atoms with Gasteiger partial charge >= 0.3 is 11.9 Å². The van der Waals surface area contributed by atoms with E-state index in [1.807, 2.05) is 18.2 Å². The van der Waals surface area contributed by atoms with Crippen molar-refractivity contribution in [3.63, 3.8) is 0 Å². The van der Waals surface area contributed by atoms with Gasteiger partial charge in [-0.2, -0.15) is 10.2 Å². The highest BCUT2D eigenvalue weighted by Gasteiger charge is 2.41. The number of carbonyl (C=O) groups excluding carboxylic acids is 3. The molecule has 0 bridgehead atoms. The van der Waals surface area contributed by atoms with E-state index in [4.69, 9.17) is 20.3 Å². The number of fused-ring (bicyclic) bond motifs is 2. The van der Waals surface area contributed by atoms with Crippen LogP contribution in [-0.2, 0) is 20.7 Å². The van der Waals surface area contributed by atoms with Crippen molar-refractivity contribution in [3.8, 4) is 5.75 Å². The van der Waals surface area contributed by atoms with Gasteiger partial charge in [-0.1, -0.05) is 29.8 Å². The zero-order valence-corrected chi connectivity index (χ0v) is 24.9. The minimum Gasteiger partial charge on any atom is -0.478 e. The van der Waals surface area contributed by atoms with Crippen molar-refractivity contribution in [1.82, 2.24) is 4.90 Å². The first-order chi connectivity index (χ1) is 21.6. The van der Waals surface area contributed by atoms with Gasteiger partial charge in [0.25, 0.3) is 5.91 Å². The Morgan fingerprint density at radius 1 is 1.02 bits per heavy atom. The van der Waals surface area contributed by atoms with Crippen molar-refractivity contribution in [2.45, 2.75) is 51.3 Å². The second-order valence-corrected chi connectivity index (χ2v) is 10.8. The molecule has 1 unspecified atom stereocenters. The van der Waals surface area contributed by atoms with Crippen molar-refractivity contribution in [2.24, 2.45) is 16.0 Å². The number of carbonyl (C=O) groups is 4. The number of aromatic carboxylic acids is 1. The molecule has 0 aromatic heterocycles. The normalized spacial score (nSPS) is 17.2. The lowest BCUT2D eigenvalue weighted by molar-refractivity contribution is -0.134. The van der Waals surface area contributed by atoms with E-state index in [1.54, 1.807) is 48.4 Å². The van der Waals surface area contributed by atoms with Crippen LogP contribution < -0.4 is 15.8 Å².